The van der Waals surface area contributed by atoms with Crippen LogP contribution in [0.3, 0.4) is 0 Å². The summed E-state index contributed by atoms with van der Waals surface area (Å²) in [6.07, 6.45) is 2.93. The van der Waals surface area contributed by atoms with Crippen LogP contribution in [0.15, 0.2) is 48.5 Å². The van der Waals surface area contributed by atoms with Crippen molar-refractivity contribution < 1.29 is 0 Å². The molecule has 27 heavy (non-hydrogen) atoms. The summed E-state index contributed by atoms with van der Waals surface area (Å²) in [7, 11) is 0. The van der Waals surface area contributed by atoms with E-state index in [1.807, 2.05) is 30.3 Å². The van der Waals surface area contributed by atoms with Gasteiger partial charge in [-0.05, 0) is 73.7 Å². The van der Waals surface area contributed by atoms with Gasteiger partial charge in [0.25, 0.3) is 0 Å². The van der Waals surface area contributed by atoms with Crippen LogP contribution in [0.5, 0.6) is 0 Å². The topological polar surface area (TPSA) is 28.7 Å². The maximum atomic E-state index is 9.67. The SMILES string of the molecule is CCc1cccc(C)c1-n1c(C)cc(C=C(C#N)c2cccc(Cl)c2)c1C. The molecular weight excluding hydrogens is 352 g/mol. The molecule has 0 unspecified atom stereocenters. The number of para-hydroxylation sites is 1. The molecular formula is C24H23ClN2. The first-order chi connectivity index (χ1) is 13.0. The predicted octanol–water partition coefficient (Wildman–Crippen LogP) is 6.68. The molecule has 0 amide bonds. The van der Waals surface area contributed by atoms with Crippen LogP contribution in [0, 0.1) is 32.1 Å². The molecule has 2 nitrogen and oxygen atoms in total. The summed E-state index contributed by atoms with van der Waals surface area (Å²) in [4.78, 5) is 0. The summed E-state index contributed by atoms with van der Waals surface area (Å²) in [6, 6.07) is 18.3. The number of nitrogens with zero attached hydrogens (tertiary/aromatic N) is 2. The highest BCUT2D eigenvalue weighted by molar-refractivity contribution is 6.30. The monoisotopic (exact) mass is 374 g/mol. The number of aryl methyl sites for hydroxylation is 3. The normalized spacial score (nSPS) is 11.5. The van der Waals surface area contributed by atoms with Gasteiger partial charge in [0.2, 0.25) is 0 Å². The molecule has 0 aliphatic carbocycles. The van der Waals surface area contributed by atoms with Crippen molar-refractivity contribution in [1.82, 2.24) is 4.57 Å². The van der Waals surface area contributed by atoms with Crippen molar-refractivity contribution in [1.29, 1.82) is 5.26 Å². The minimum absolute atomic E-state index is 0.609. The second-order valence-corrected chi connectivity index (χ2v) is 7.21. The molecule has 0 bridgehead atoms. The van der Waals surface area contributed by atoms with Crippen LogP contribution in [-0.2, 0) is 6.42 Å². The molecule has 0 spiro atoms. The Bertz CT molecular complexity index is 1060. The van der Waals surface area contributed by atoms with Crippen LogP contribution in [0.1, 0.15) is 40.6 Å². The van der Waals surface area contributed by atoms with E-state index in [2.05, 4.69) is 62.6 Å². The van der Waals surface area contributed by atoms with E-state index >= 15 is 0 Å². The Hall–Kier alpha value is -2.76. The van der Waals surface area contributed by atoms with Crippen LogP contribution in [0.4, 0.5) is 0 Å². The van der Waals surface area contributed by atoms with Crippen LogP contribution in [0.25, 0.3) is 17.3 Å². The van der Waals surface area contributed by atoms with Crippen molar-refractivity contribution in [3.05, 3.63) is 87.2 Å². The van der Waals surface area contributed by atoms with Crippen LogP contribution >= 0.6 is 11.6 Å². The Labute approximate surface area is 166 Å². The van der Waals surface area contributed by atoms with E-state index in [4.69, 9.17) is 11.6 Å². The lowest BCUT2D eigenvalue weighted by Crippen LogP contribution is -2.05. The first kappa shape index (κ1) is 19.0. The van der Waals surface area contributed by atoms with Gasteiger partial charge in [-0.15, -0.1) is 0 Å². The molecule has 3 aromatic rings. The summed E-state index contributed by atoms with van der Waals surface area (Å²) in [5.41, 5.74) is 8.60. The van der Waals surface area contributed by atoms with Gasteiger partial charge in [-0.25, -0.2) is 0 Å². The molecule has 0 N–H and O–H groups in total. The Kier molecular flexibility index (Phi) is 5.54. The predicted molar refractivity (Wildman–Crippen MR) is 114 cm³/mol. The number of halogens is 1. The smallest absolute Gasteiger partial charge is 0.0998 e. The molecule has 3 heteroatoms. The van der Waals surface area contributed by atoms with E-state index in [1.54, 1.807) is 0 Å². The zero-order chi connectivity index (χ0) is 19.6. The van der Waals surface area contributed by atoms with Crippen molar-refractivity contribution in [3.8, 4) is 11.8 Å². The number of nitriles is 1. The van der Waals surface area contributed by atoms with E-state index in [0.717, 1.165) is 28.9 Å². The highest BCUT2D eigenvalue weighted by Gasteiger charge is 2.15. The average molecular weight is 375 g/mol. The van der Waals surface area contributed by atoms with Gasteiger partial charge in [0, 0.05) is 16.4 Å². The first-order valence-electron chi connectivity index (χ1n) is 9.11. The molecule has 2 aromatic carbocycles. The van der Waals surface area contributed by atoms with E-state index in [9.17, 15) is 5.26 Å². The molecule has 3 rings (SSSR count). The molecule has 0 radical (unpaired) electrons. The molecule has 0 aliphatic rings. The van der Waals surface area contributed by atoms with Crippen molar-refractivity contribution >= 4 is 23.3 Å². The zero-order valence-corrected chi connectivity index (χ0v) is 16.9. The summed E-state index contributed by atoms with van der Waals surface area (Å²) < 4.78 is 2.30. The Morgan fingerprint density at radius 3 is 2.52 bits per heavy atom. The van der Waals surface area contributed by atoms with Crippen LogP contribution in [0.2, 0.25) is 5.02 Å². The maximum absolute atomic E-state index is 9.67. The fraction of sp³-hybridized carbons (Fsp3) is 0.208. The van der Waals surface area contributed by atoms with Crippen molar-refractivity contribution in [2.45, 2.75) is 34.1 Å². The summed E-state index contributed by atoms with van der Waals surface area (Å²) in [5, 5.41) is 10.3. The fourth-order valence-corrected chi connectivity index (χ4v) is 3.78. The Morgan fingerprint density at radius 2 is 1.85 bits per heavy atom. The molecule has 136 valence electrons. The third-order valence-corrected chi connectivity index (χ3v) is 5.19. The second-order valence-electron chi connectivity index (χ2n) is 6.78. The lowest BCUT2D eigenvalue weighted by Gasteiger charge is -2.17. The minimum atomic E-state index is 0.609. The summed E-state index contributed by atoms with van der Waals surface area (Å²) >= 11 is 6.10. The van der Waals surface area contributed by atoms with Gasteiger partial charge in [0.05, 0.1) is 17.3 Å². The Balaban J connectivity index is 2.16. The fourth-order valence-electron chi connectivity index (χ4n) is 3.59. The molecule has 0 fully saturated rings. The molecule has 1 heterocycles. The molecule has 0 atom stereocenters. The number of benzene rings is 2. The quantitative estimate of drug-likeness (QED) is 0.468. The third kappa shape index (κ3) is 3.70. The second kappa shape index (κ2) is 7.86. The maximum Gasteiger partial charge on any atom is 0.0998 e. The molecule has 0 saturated heterocycles. The summed E-state index contributed by atoms with van der Waals surface area (Å²) in [6.45, 7) is 8.55. The lowest BCUT2D eigenvalue weighted by molar-refractivity contribution is 0.925. The van der Waals surface area contributed by atoms with Gasteiger partial charge in [0.15, 0.2) is 0 Å². The zero-order valence-electron chi connectivity index (χ0n) is 16.2. The van der Waals surface area contributed by atoms with Gasteiger partial charge in [-0.1, -0.05) is 48.9 Å². The van der Waals surface area contributed by atoms with E-state index in [0.29, 0.717) is 10.6 Å². The van der Waals surface area contributed by atoms with Crippen LogP contribution < -0.4 is 0 Å². The first-order valence-corrected chi connectivity index (χ1v) is 9.49. The van der Waals surface area contributed by atoms with Crippen molar-refractivity contribution in [3.63, 3.8) is 0 Å². The summed E-state index contributed by atoms with van der Waals surface area (Å²) in [5.74, 6) is 0. The van der Waals surface area contributed by atoms with Gasteiger partial charge in [0.1, 0.15) is 0 Å². The van der Waals surface area contributed by atoms with E-state index < -0.39 is 0 Å². The number of hydrogen-bond donors (Lipinski definition) is 0. The average Bonchev–Trinajstić information content (AvgIpc) is 2.92. The molecule has 0 saturated carbocycles. The molecule has 0 aliphatic heterocycles. The third-order valence-electron chi connectivity index (χ3n) is 4.95. The van der Waals surface area contributed by atoms with Crippen molar-refractivity contribution in [2.24, 2.45) is 0 Å². The lowest BCUT2D eigenvalue weighted by atomic mass is 10.0. The van der Waals surface area contributed by atoms with Gasteiger partial charge >= 0.3 is 0 Å². The number of rotatable bonds is 4. The van der Waals surface area contributed by atoms with E-state index in [1.165, 1.54) is 16.8 Å². The number of allylic oxidation sites excluding steroid dienone is 1. The largest absolute Gasteiger partial charge is 0.317 e. The highest BCUT2D eigenvalue weighted by atomic mass is 35.5. The van der Waals surface area contributed by atoms with Crippen LogP contribution in [-0.4, -0.2) is 4.57 Å². The van der Waals surface area contributed by atoms with Gasteiger partial charge in [-0.2, -0.15) is 5.26 Å². The number of aromatic nitrogens is 1. The van der Waals surface area contributed by atoms with Crippen molar-refractivity contribution in [2.75, 3.05) is 0 Å². The molecule has 1 aromatic heterocycles. The minimum Gasteiger partial charge on any atom is -0.317 e. The van der Waals surface area contributed by atoms with E-state index in [-0.39, 0.29) is 0 Å². The van der Waals surface area contributed by atoms with Gasteiger partial charge < -0.3 is 4.57 Å². The van der Waals surface area contributed by atoms with Gasteiger partial charge in [-0.3, -0.25) is 0 Å². The Morgan fingerprint density at radius 1 is 1.11 bits per heavy atom. The number of hydrogen-bond acceptors (Lipinski definition) is 1. The standard InChI is InChI=1S/C24H23ClN2/c1-5-19-9-6-8-16(2)24(19)27-17(3)12-21(18(27)4)13-22(15-26)20-10-7-11-23(25)14-20/h6-14H,5H2,1-4H3. The highest BCUT2D eigenvalue weighted by Crippen LogP contribution is 2.29.